The highest BCUT2D eigenvalue weighted by Crippen LogP contribution is 2.20. The van der Waals surface area contributed by atoms with Crippen molar-refractivity contribution in [3.63, 3.8) is 0 Å². The highest BCUT2D eigenvalue weighted by molar-refractivity contribution is 7.91. The van der Waals surface area contributed by atoms with Crippen molar-refractivity contribution in [1.29, 1.82) is 0 Å². The molecule has 1 unspecified atom stereocenters. The van der Waals surface area contributed by atoms with Crippen LogP contribution in [0.4, 0.5) is 5.69 Å². The molecule has 1 aliphatic rings. The van der Waals surface area contributed by atoms with Crippen molar-refractivity contribution < 1.29 is 21.6 Å². The van der Waals surface area contributed by atoms with Gasteiger partial charge in [0.2, 0.25) is 15.9 Å². The second-order valence-corrected chi connectivity index (χ2v) is 11.6. The first-order valence-electron chi connectivity index (χ1n) is 9.22. The average Bonchev–Trinajstić information content (AvgIpc) is 3.00. The van der Waals surface area contributed by atoms with Crippen molar-refractivity contribution >= 4 is 31.5 Å². The maximum Gasteiger partial charge on any atom is 0.243 e. The van der Waals surface area contributed by atoms with Crippen LogP contribution in [0, 0.1) is 12.3 Å². The Balaban J connectivity index is 2.04. The Morgan fingerprint density at radius 3 is 2.41 bits per heavy atom. The van der Waals surface area contributed by atoms with Crippen molar-refractivity contribution in [2.24, 2.45) is 0 Å². The molecule has 0 spiro atoms. The van der Waals surface area contributed by atoms with Gasteiger partial charge in [0.15, 0.2) is 9.84 Å². The monoisotopic (exact) mass is 441 g/mol. The lowest BCUT2D eigenvalue weighted by molar-refractivity contribution is -0.117. The quantitative estimate of drug-likeness (QED) is 0.598. The number of anilines is 1. The van der Waals surface area contributed by atoms with Gasteiger partial charge in [-0.2, -0.15) is 4.31 Å². The lowest BCUT2D eigenvalue weighted by atomic mass is 10.2. The Kier molecular flexibility index (Phi) is 7.45. The van der Waals surface area contributed by atoms with Crippen molar-refractivity contribution in [1.82, 2.24) is 9.21 Å². The van der Waals surface area contributed by atoms with E-state index in [1.54, 1.807) is 18.7 Å². The molecule has 0 radical (unpaired) electrons. The minimum absolute atomic E-state index is 0.00210. The first-order chi connectivity index (χ1) is 13.5. The Morgan fingerprint density at radius 1 is 1.31 bits per heavy atom. The van der Waals surface area contributed by atoms with Gasteiger partial charge < -0.3 is 5.32 Å². The molecule has 0 bridgehead atoms. The second-order valence-electron chi connectivity index (χ2n) is 7.35. The van der Waals surface area contributed by atoms with Crippen LogP contribution in [0.3, 0.4) is 0 Å². The minimum Gasteiger partial charge on any atom is -0.325 e. The summed E-state index contributed by atoms with van der Waals surface area (Å²) >= 11 is 0. The fourth-order valence-corrected chi connectivity index (χ4v) is 6.16. The molecule has 1 saturated heterocycles. The van der Waals surface area contributed by atoms with Crippen LogP contribution in [-0.4, -0.2) is 75.7 Å². The molecular weight excluding hydrogens is 414 g/mol. The number of nitrogens with zero attached hydrogens (tertiary/aromatic N) is 2. The van der Waals surface area contributed by atoms with E-state index in [0.29, 0.717) is 12.1 Å². The largest absolute Gasteiger partial charge is 0.325 e. The zero-order chi connectivity index (χ0) is 21.8. The smallest absolute Gasteiger partial charge is 0.243 e. The molecule has 160 valence electrons. The molecule has 1 heterocycles. The van der Waals surface area contributed by atoms with E-state index in [4.69, 9.17) is 6.42 Å². The molecule has 1 N–H and O–H groups in total. The normalized spacial score (nSPS) is 18.9. The van der Waals surface area contributed by atoms with E-state index < -0.39 is 19.9 Å². The van der Waals surface area contributed by atoms with Crippen LogP contribution in [0.1, 0.15) is 20.3 Å². The van der Waals surface area contributed by atoms with Gasteiger partial charge in [-0.25, -0.2) is 16.8 Å². The van der Waals surface area contributed by atoms with Gasteiger partial charge in [-0.1, -0.05) is 5.92 Å². The summed E-state index contributed by atoms with van der Waals surface area (Å²) in [5, 5.41) is 2.70. The molecule has 1 amide bonds. The van der Waals surface area contributed by atoms with Crippen LogP contribution in [0.5, 0.6) is 0 Å². The average molecular weight is 442 g/mol. The summed E-state index contributed by atoms with van der Waals surface area (Å²) in [7, 11) is -5.17. The predicted molar refractivity (Wildman–Crippen MR) is 113 cm³/mol. The first-order valence-corrected chi connectivity index (χ1v) is 12.5. The molecule has 1 aromatic carbocycles. The van der Waals surface area contributed by atoms with Crippen LogP contribution in [0.15, 0.2) is 29.2 Å². The molecular formula is C19H27N3O5S2. The molecule has 0 aliphatic carbocycles. The maximum atomic E-state index is 12.5. The fourth-order valence-electron chi connectivity index (χ4n) is 3.03. The third-order valence-corrected chi connectivity index (χ3v) is 8.71. The first kappa shape index (κ1) is 23.3. The third kappa shape index (κ3) is 6.02. The summed E-state index contributed by atoms with van der Waals surface area (Å²) in [6, 6.07) is 5.45. The van der Waals surface area contributed by atoms with Crippen LogP contribution < -0.4 is 5.32 Å². The van der Waals surface area contributed by atoms with Gasteiger partial charge in [0.05, 0.1) is 29.5 Å². The van der Waals surface area contributed by atoms with Crippen molar-refractivity contribution in [2.45, 2.75) is 37.2 Å². The Bertz CT molecular complexity index is 980. The van der Waals surface area contributed by atoms with Crippen LogP contribution >= 0.6 is 0 Å². The van der Waals surface area contributed by atoms with Crippen LogP contribution in [-0.2, 0) is 24.7 Å². The SMILES string of the molecule is C#CCN(CC(=O)Nc1ccc(S(=O)(=O)N(C)C(C)C)cc1)C1CCS(=O)(=O)C1. The maximum absolute atomic E-state index is 12.5. The number of carbonyl (C=O) groups excluding carboxylic acids is 1. The van der Waals surface area contributed by atoms with Crippen molar-refractivity contribution in [3.8, 4) is 12.3 Å². The third-order valence-electron chi connectivity index (χ3n) is 4.91. The summed E-state index contributed by atoms with van der Waals surface area (Å²) in [6.07, 6.45) is 5.81. The van der Waals surface area contributed by atoms with E-state index in [0.717, 1.165) is 0 Å². The van der Waals surface area contributed by atoms with Gasteiger partial charge in [-0.05, 0) is 44.5 Å². The lowest BCUT2D eigenvalue weighted by Gasteiger charge is -2.25. The number of amides is 1. The molecule has 29 heavy (non-hydrogen) atoms. The minimum atomic E-state index is -3.60. The molecule has 1 atom stereocenters. The molecule has 2 rings (SSSR count). The highest BCUT2D eigenvalue weighted by atomic mass is 32.2. The van der Waals surface area contributed by atoms with E-state index >= 15 is 0 Å². The number of nitrogens with one attached hydrogen (secondary N) is 1. The number of carbonyl (C=O) groups is 1. The van der Waals surface area contributed by atoms with Crippen molar-refractivity contribution in [3.05, 3.63) is 24.3 Å². The molecule has 10 heteroatoms. The number of hydrogen-bond donors (Lipinski definition) is 1. The van der Waals surface area contributed by atoms with Gasteiger partial charge in [-0.15, -0.1) is 6.42 Å². The summed E-state index contributed by atoms with van der Waals surface area (Å²) in [6.45, 7) is 3.69. The topological polar surface area (TPSA) is 104 Å². The van der Waals surface area contributed by atoms with Gasteiger partial charge in [0, 0.05) is 24.8 Å². The lowest BCUT2D eigenvalue weighted by Crippen LogP contribution is -2.41. The Morgan fingerprint density at radius 2 is 1.93 bits per heavy atom. The van der Waals surface area contributed by atoms with E-state index in [-0.39, 0.29) is 47.5 Å². The molecule has 1 aromatic rings. The van der Waals surface area contributed by atoms with Gasteiger partial charge in [-0.3, -0.25) is 9.69 Å². The predicted octanol–water partition coefficient (Wildman–Crippen LogP) is 0.776. The summed E-state index contributed by atoms with van der Waals surface area (Å²) in [5.41, 5.74) is 0.445. The van der Waals surface area contributed by atoms with E-state index in [2.05, 4.69) is 11.2 Å². The van der Waals surface area contributed by atoms with E-state index in [1.807, 2.05) is 0 Å². The molecule has 1 aliphatic heterocycles. The summed E-state index contributed by atoms with van der Waals surface area (Å²) in [4.78, 5) is 14.2. The van der Waals surface area contributed by atoms with E-state index in [9.17, 15) is 21.6 Å². The van der Waals surface area contributed by atoms with Crippen molar-refractivity contribution in [2.75, 3.05) is 37.0 Å². The highest BCUT2D eigenvalue weighted by Gasteiger charge is 2.32. The molecule has 0 aromatic heterocycles. The Labute approximate surface area is 173 Å². The number of hydrogen-bond acceptors (Lipinski definition) is 6. The molecule has 0 saturated carbocycles. The summed E-state index contributed by atoms with van der Waals surface area (Å²) in [5.74, 6) is 2.21. The van der Waals surface area contributed by atoms with Crippen LogP contribution in [0.2, 0.25) is 0 Å². The van der Waals surface area contributed by atoms with Crippen LogP contribution in [0.25, 0.3) is 0 Å². The zero-order valence-corrected chi connectivity index (χ0v) is 18.5. The van der Waals surface area contributed by atoms with Gasteiger partial charge >= 0.3 is 0 Å². The van der Waals surface area contributed by atoms with E-state index in [1.165, 1.54) is 35.6 Å². The fraction of sp³-hybridized carbons (Fsp3) is 0.526. The Hall–Kier alpha value is -1.93. The molecule has 1 fully saturated rings. The number of sulfone groups is 1. The van der Waals surface area contributed by atoms with Gasteiger partial charge in [0.25, 0.3) is 0 Å². The number of sulfonamides is 1. The number of terminal acetylenes is 1. The number of benzene rings is 1. The number of rotatable bonds is 8. The zero-order valence-electron chi connectivity index (χ0n) is 16.8. The second kappa shape index (κ2) is 9.26. The standard InChI is InChI=1S/C19H27N3O5S2/c1-5-11-22(17-10-12-28(24,25)14-17)13-19(23)20-16-6-8-18(9-7-16)29(26,27)21(4)15(2)3/h1,6-9,15,17H,10-14H2,2-4H3,(H,20,23). The molecule has 8 nitrogen and oxygen atoms in total. The van der Waals surface area contributed by atoms with Gasteiger partial charge in [0.1, 0.15) is 0 Å². The summed E-state index contributed by atoms with van der Waals surface area (Å²) < 4.78 is 49.6.